The highest BCUT2D eigenvalue weighted by atomic mass is 31.1. The van der Waals surface area contributed by atoms with Gasteiger partial charge in [0.15, 0.2) is 13.1 Å². The summed E-state index contributed by atoms with van der Waals surface area (Å²) in [5.74, 6) is 0.596. The summed E-state index contributed by atoms with van der Waals surface area (Å²) >= 11 is 0. The van der Waals surface area contributed by atoms with Crippen LogP contribution in [0.3, 0.4) is 0 Å². The first-order chi connectivity index (χ1) is 12.3. The van der Waals surface area contributed by atoms with Crippen LogP contribution in [0.25, 0.3) is 0 Å². The van der Waals surface area contributed by atoms with E-state index in [4.69, 9.17) is 9.47 Å². The summed E-state index contributed by atoms with van der Waals surface area (Å²) < 4.78 is 10.9. The van der Waals surface area contributed by atoms with E-state index in [1.807, 2.05) is 48.5 Å². The van der Waals surface area contributed by atoms with Crippen LogP contribution >= 0.6 is 7.92 Å². The Balaban J connectivity index is 2.19. The molecule has 3 rings (SSSR count). The molecule has 0 fully saturated rings. The highest BCUT2D eigenvalue weighted by Crippen LogP contribution is 2.37. The number of benzene rings is 3. The number of carbonyl (C=O) groups is 1. The Morgan fingerprint density at radius 1 is 0.840 bits per heavy atom. The third kappa shape index (κ3) is 3.96. The van der Waals surface area contributed by atoms with Crippen molar-refractivity contribution in [1.29, 1.82) is 0 Å². The molecule has 0 atom stereocenters. The van der Waals surface area contributed by atoms with Crippen molar-refractivity contribution < 1.29 is 14.3 Å². The summed E-state index contributed by atoms with van der Waals surface area (Å²) in [5, 5.41) is 3.41. The zero-order valence-corrected chi connectivity index (χ0v) is 14.9. The van der Waals surface area contributed by atoms with E-state index >= 15 is 0 Å². The van der Waals surface area contributed by atoms with Crippen LogP contribution in [0.15, 0.2) is 78.9 Å². The van der Waals surface area contributed by atoms with Crippen molar-refractivity contribution in [3.05, 3.63) is 84.4 Å². The zero-order chi connectivity index (χ0) is 17.5. The predicted octanol–water partition coefficient (Wildman–Crippen LogP) is 3.24. The van der Waals surface area contributed by atoms with Crippen LogP contribution in [0.2, 0.25) is 0 Å². The molecule has 4 heteroatoms. The Bertz CT molecular complexity index is 780. The number of methoxy groups -OCH3 is 1. The summed E-state index contributed by atoms with van der Waals surface area (Å²) in [5.41, 5.74) is 0.536. The molecule has 3 aromatic rings. The molecule has 0 heterocycles. The molecule has 0 aliphatic carbocycles. The van der Waals surface area contributed by atoms with Gasteiger partial charge in [-0.25, -0.2) is 0 Å². The molecule has 0 spiro atoms. The van der Waals surface area contributed by atoms with Crippen molar-refractivity contribution in [3.8, 4) is 5.75 Å². The summed E-state index contributed by atoms with van der Waals surface area (Å²) in [4.78, 5) is 11.5. The van der Waals surface area contributed by atoms with Crippen LogP contribution < -0.4 is 20.7 Å². The molecule has 126 valence electrons. The molecule has 0 saturated heterocycles. The van der Waals surface area contributed by atoms with Gasteiger partial charge in [0.2, 0.25) is 0 Å². The molecular formula is C21H19O3P. The number of rotatable bonds is 7. The van der Waals surface area contributed by atoms with Gasteiger partial charge in [-0.15, -0.1) is 0 Å². The molecule has 0 saturated carbocycles. The Hall–Kier alpha value is -2.48. The molecule has 25 heavy (non-hydrogen) atoms. The van der Waals surface area contributed by atoms with E-state index in [1.54, 1.807) is 13.2 Å². The largest absolute Gasteiger partial charge is 0.466 e. The summed E-state index contributed by atoms with van der Waals surface area (Å²) in [6.07, 6.45) is 0.831. The minimum atomic E-state index is -0.845. The normalized spacial score (nSPS) is 10.6. The lowest BCUT2D eigenvalue weighted by Crippen LogP contribution is -2.23. The van der Waals surface area contributed by atoms with E-state index in [0.717, 1.165) is 11.6 Å². The van der Waals surface area contributed by atoms with Gasteiger partial charge >= 0.3 is 0 Å². The van der Waals surface area contributed by atoms with Gasteiger partial charge in [-0.05, 0) is 24.6 Å². The van der Waals surface area contributed by atoms with Gasteiger partial charge in [-0.1, -0.05) is 72.8 Å². The van der Waals surface area contributed by atoms with Crippen LogP contribution in [0.1, 0.15) is 10.4 Å². The summed E-state index contributed by atoms with van der Waals surface area (Å²) in [6, 6.07) is 26.3. The molecule has 0 amide bonds. The lowest BCUT2D eigenvalue weighted by atomic mass is 10.2. The van der Waals surface area contributed by atoms with Crippen LogP contribution in [0.4, 0.5) is 0 Å². The topological polar surface area (TPSA) is 35.5 Å². The smallest absolute Gasteiger partial charge is 0.188 e. The fourth-order valence-electron chi connectivity index (χ4n) is 2.67. The lowest BCUT2D eigenvalue weighted by molar-refractivity contribution is 0.0513. The molecule has 3 aromatic carbocycles. The van der Waals surface area contributed by atoms with Crippen LogP contribution in [0.5, 0.6) is 5.75 Å². The number of para-hydroxylation sites is 1. The second-order valence-corrected chi connectivity index (χ2v) is 7.56. The SMILES string of the molecule is COCOc1c(C=O)cccc1P(c1ccccc1)c1ccccc1. The van der Waals surface area contributed by atoms with Gasteiger partial charge in [0.05, 0.1) is 5.56 Å². The Morgan fingerprint density at radius 2 is 1.44 bits per heavy atom. The lowest BCUT2D eigenvalue weighted by Gasteiger charge is -2.22. The van der Waals surface area contributed by atoms with Gasteiger partial charge in [-0.2, -0.15) is 0 Å². The third-order valence-corrected chi connectivity index (χ3v) is 6.21. The minimum Gasteiger partial charge on any atom is -0.466 e. The standard InChI is InChI=1S/C21H19O3P/c1-23-16-24-21-17(15-22)9-8-14-20(21)25(18-10-4-2-5-11-18)19-12-6-3-7-13-19/h2-15H,16H2,1H3. The molecule has 0 bridgehead atoms. The molecule has 0 aliphatic rings. The number of hydrogen-bond donors (Lipinski definition) is 0. The predicted molar refractivity (Wildman–Crippen MR) is 103 cm³/mol. The summed E-state index contributed by atoms with van der Waals surface area (Å²) in [7, 11) is 0.725. The van der Waals surface area contributed by atoms with E-state index in [9.17, 15) is 4.79 Å². The maximum absolute atomic E-state index is 11.5. The van der Waals surface area contributed by atoms with Gasteiger partial charge in [0, 0.05) is 12.4 Å². The molecule has 0 unspecified atom stereocenters. The first-order valence-electron chi connectivity index (χ1n) is 7.95. The quantitative estimate of drug-likeness (QED) is 0.373. The first-order valence-corrected chi connectivity index (χ1v) is 9.29. The van der Waals surface area contributed by atoms with E-state index < -0.39 is 7.92 Å². The fraction of sp³-hybridized carbons (Fsp3) is 0.0952. The Labute approximate surface area is 149 Å². The van der Waals surface area contributed by atoms with Crippen molar-refractivity contribution >= 4 is 30.1 Å². The number of hydrogen-bond acceptors (Lipinski definition) is 3. The highest BCUT2D eigenvalue weighted by molar-refractivity contribution is 7.80. The second-order valence-electron chi connectivity index (χ2n) is 5.37. The number of ether oxygens (including phenoxy) is 2. The molecule has 0 radical (unpaired) electrons. The van der Waals surface area contributed by atoms with Crippen molar-refractivity contribution in [2.45, 2.75) is 0 Å². The Morgan fingerprint density at radius 3 is 1.96 bits per heavy atom. The molecule has 0 N–H and O–H groups in total. The molecule has 0 aliphatic heterocycles. The number of carbonyl (C=O) groups excluding carboxylic acids is 1. The molecular weight excluding hydrogens is 331 g/mol. The minimum absolute atomic E-state index is 0.102. The highest BCUT2D eigenvalue weighted by Gasteiger charge is 2.22. The van der Waals surface area contributed by atoms with Gasteiger partial charge in [0.1, 0.15) is 5.75 Å². The molecule has 3 nitrogen and oxygen atoms in total. The maximum atomic E-state index is 11.5. The van der Waals surface area contributed by atoms with Crippen LogP contribution in [0, 0.1) is 0 Å². The first kappa shape index (κ1) is 17.3. The van der Waals surface area contributed by atoms with E-state index in [-0.39, 0.29) is 6.79 Å². The van der Waals surface area contributed by atoms with E-state index in [0.29, 0.717) is 11.3 Å². The molecule has 0 aromatic heterocycles. The van der Waals surface area contributed by atoms with Crippen LogP contribution in [-0.2, 0) is 4.74 Å². The van der Waals surface area contributed by atoms with Crippen molar-refractivity contribution in [1.82, 2.24) is 0 Å². The van der Waals surface area contributed by atoms with E-state index in [1.165, 1.54) is 10.6 Å². The van der Waals surface area contributed by atoms with Crippen molar-refractivity contribution in [2.75, 3.05) is 13.9 Å². The van der Waals surface area contributed by atoms with Gasteiger partial charge < -0.3 is 9.47 Å². The van der Waals surface area contributed by atoms with Crippen molar-refractivity contribution in [2.24, 2.45) is 0 Å². The Kier molecular flexibility index (Phi) is 5.95. The fourth-order valence-corrected chi connectivity index (χ4v) is 5.09. The average Bonchev–Trinajstić information content (AvgIpc) is 2.68. The van der Waals surface area contributed by atoms with Crippen molar-refractivity contribution in [3.63, 3.8) is 0 Å². The van der Waals surface area contributed by atoms with Gasteiger partial charge in [-0.3, -0.25) is 4.79 Å². The summed E-state index contributed by atoms with van der Waals surface area (Å²) in [6.45, 7) is 0.102. The van der Waals surface area contributed by atoms with Crippen LogP contribution in [-0.4, -0.2) is 20.2 Å². The van der Waals surface area contributed by atoms with E-state index in [2.05, 4.69) is 24.3 Å². The second kappa shape index (κ2) is 8.57. The maximum Gasteiger partial charge on any atom is 0.188 e. The van der Waals surface area contributed by atoms with Gasteiger partial charge in [0.25, 0.3) is 0 Å². The average molecular weight is 350 g/mol. The number of aldehydes is 1. The zero-order valence-electron chi connectivity index (χ0n) is 14.0. The third-order valence-electron chi connectivity index (χ3n) is 3.74. The monoisotopic (exact) mass is 350 g/mol.